The number of rotatable bonds is 2. The second kappa shape index (κ2) is 3.50. The molecule has 2 aromatic rings. The minimum atomic E-state index is -1.57. The molecule has 17 heavy (non-hydrogen) atoms. The number of benzene rings is 1. The van der Waals surface area contributed by atoms with Crippen molar-refractivity contribution in [3.05, 3.63) is 12.1 Å². The highest BCUT2D eigenvalue weighted by molar-refractivity contribution is 7.74. The molecule has 0 fully saturated rings. The van der Waals surface area contributed by atoms with Crippen molar-refractivity contribution in [2.24, 2.45) is 0 Å². The van der Waals surface area contributed by atoms with E-state index in [4.69, 9.17) is 0 Å². The first kappa shape index (κ1) is 11.1. The predicted molar refractivity (Wildman–Crippen MR) is 78.7 cm³/mol. The van der Waals surface area contributed by atoms with Gasteiger partial charge < -0.3 is 14.4 Å². The number of hydrogen-bond acceptors (Lipinski definition) is 4. The fourth-order valence-electron chi connectivity index (χ4n) is 2.25. The number of nitrogens with zero attached hydrogens (tertiary/aromatic N) is 2. The molecule has 1 aromatic heterocycles. The van der Waals surface area contributed by atoms with E-state index in [2.05, 4.69) is 30.0 Å². The average molecular weight is 266 g/mol. The van der Waals surface area contributed by atoms with Crippen molar-refractivity contribution in [2.45, 2.75) is 0 Å². The van der Waals surface area contributed by atoms with Crippen LogP contribution in [0.2, 0.25) is 0 Å². The van der Waals surface area contributed by atoms with Crippen molar-refractivity contribution in [1.82, 2.24) is 0 Å². The molecule has 0 radical (unpaired) electrons. The van der Waals surface area contributed by atoms with Gasteiger partial charge in [-0.15, -0.1) is 11.3 Å². The van der Waals surface area contributed by atoms with Crippen LogP contribution >= 0.6 is 19.1 Å². The normalized spacial score (nSPS) is 17.1. The second-order valence-corrected chi connectivity index (χ2v) is 7.46. The van der Waals surface area contributed by atoms with Crippen LogP contribution in [-0.4, -0.2) is 28.2 Å². The molecular weight excluding hydrogens is 251 g/mol. The molecule has 3 rings (SSSR count). The molecule has 1 aliphatic rings. The van der Waals surface area contributed by atoms with E-state index < -0.39 is 7.80 Å². The van der Waals surface area contributed by atoms with Crippen LogP contribution in [0.4, 0.5) is 10.7 Å². The van der Waals surface area contributed by atoms with Crippen LogP contribution in [0, 0.1) is 0 Å². The number of anilines is 2. The monoisotopic (exact) mass is 266 g/mol. The molecule has 0 aliphatic carbocycles. The summed E-state index contributed by atoms with van der Waals surface area (Å²) in [5.41, 5.74) is 1.21. The number of fused-ring (bicyclic) bond motifs is 3. The first-order chi connectivity index (χ1) is 8.02. The molecule has 2 heterocycles. The minimum Gasteiger partial charge on any atom is -0.375 e. The van der Waals surface area contributed by atoms with Gasteiger partial charge in [-0.05, 0) is 12.1 Å². The van der Waals surface area contributed by atoms with Crippen molar-refractivity contribution in [3.63, 3.8) is 0 Å². The standard InChI is InChI=1S/C12H15N2OPS/c1-13(2)10-9-8(17-12(10)14(3)4)6-5-7-11(9)16(7)15/h5-6,16H,1-4H3. The van der Waals surface area contributed by atoms with Gasteiger partial charge in [0.05, 0.1) is 5.69 Å². The molecule has 1 aromatic carbocycles. The Morgan fingerprint density at radius 2 is 1.82 bits per heavy atom. The van der Waals surface area contributed by atoms with Crippen LogP contribution in [-0.2, 0) is 4.57 Å². The fraction of sp³-hybridized carbons (Fsp3) is 0.333. The lowest BCUT2D eigenvalue weighted by atomic mass is 10.2. The highest BCUT2D eigenvalue weighted by Crippen LogP contribution is 2.48. The van der Waals surface area contributed by atoms with E-state index in [-0.39, 0.29) is 0 Å². The molecule has 0 saturated carbocycles. The summed E-state index contributed by atoms with van der Waals surface area (Å²) in [6.45, 7) is 0. The van der Waals surface area contributed by atoms with Crippen molar-refractivity contribution < 1.29 is 4.57 Å². The predicted octanol–water partition coefficient (Wildman–Crippen LogP) is 1.86. The molecule has 3 nitrogen and oxygen atoms in total. The van der Waals surface area contributed by atoms with Gasteiger partial charge in [-0.1, -0.05) is 0 Å². The van der Waals surface area contributed by atoms with Crippen molar-refractivity contribution in [3.8, 4) is 0 Å². The van der Waals surface area contributed by atoms with E-state index >= 15 is 0 Å². The second-order valence-electron chi connectivity index (χ2n) is 4.74. The maximum Gasteiger partial charge on any atom is 0.134 e. The van der Waals surface area contributed by atoms with Gasteiger partial charge in [0.1, 0.15) is 12.8 Å². The summed E-state index contributed by atoms with van der Waals surface area (Å²) in [6.07, 6.45) is 0. The maximum absolute atomic E-state index is 11.9. The Morgan fingerprint density at radius 3 is 2.41 bits per heavy atom. The highest BCUT2D eigenvalue weighted by Gasteiger charge is 2.33. The van der Waals surface area contributed by atoms with E-state index in [1.165, 1.54) is 20.8 Å². The number of hydrogen-bond donors (Lipinski definition) is 0. The summed E-state index contributed by atoms with van der Waals surface area (Å²) in [7, 11) is 6.64. The van der Waals surface area contributed by atoms with Crippen LogP contribution in [0.3, 0.4) is 0 Å². The third-order valence-electron chi connectivity index (χ3n) is 3.08. The van der Waals surface area contributed by atoms with Gasteiger partial charge >= 0.3 is 0 Å². The Balaban J connectivity index is 2.40. The third kappa shape index (κ3) is 1.44. The van der Waals surface area contributed by atoms with Gasteiger partial charge in [0.2, 0.25) is 0 Å². The molecule has 90 valence electrons. The van der Waals surface area contributed by atoms with Crippen LogP contribution in [0.15, 0.2) is 12.1 Å². The van der Waals surface area contributed by atoms with E-state index in [9.17, 15) is 4.57 Å². The van der Waals surface area contributed by atoms with Crippen LogP contribution in [0.25, 0.3) is 10.1 Å². The molecule has 0 bridgehead atoms. The van der Waals surface area contributed by atoms with Gasteiger partial charge in [-0.2, -0.15) is 0 Å². The van der Waals surface area contributed by atoms with Crippen LogP contribution in [0.5, 0.6) is 0 Å². The van der Waals surface area contributed by atoms with Gasteiger partial charge in [-0.3, -0.25) is 0 Å². The number of thiophene rings is 1. The molecule has 5 heteroatoms. The van der Waals surface area contributed by atoms with Crippen molar-refractivity contribution in [2.75, 3.05) is 38.0 Å². The molecule has 0 saturated heterocycles. The smallest absolute Gasteiger partial charge is 0.134 e. The lowest BCUT2D eigenvalue weighted by Crippen LogP contribution is -2.15. The average Bonchev–Trinajstić information content (AvgIpc) is 2.75. The summed E-state index contributed by atoms with van der Waals surface area (Å²) in [4.78, 5) is 4.26. The molecule has 1 aliphatic heterocycles. The molecule has 1 unspecified atom stereocenters. The maximum atomic E-state index is 11.9. The Morgan fingerprint density at radius 1 is 1.12 bits per heavy atom. The summed E-state index contributed by atoms with van der Waals surface area (Å²) in [5.74, 6) is 0. The van der Waals surface area contributed by atoms with E-state index in [1.807, 2.05) is 20.2 Å². The first-order valence-corrected chi connectivity index (χ1v) is 7.73. The Hall–Kier alpha value is -0.990. The summed E-state index contributed by atoms with van der Waals surface area (Å²) in [6, 6.07) is 4.13. The zero-order valence-corrected chi connectivity index (χ0v) is 12.2. The van der Waals surface area contributed by atoms with Gasteiger partial charge in [0.15, 0.2) is 0 Å². The molecular formula is C12H15N2OPS. The third-order valence-corrected chi connectivity index (χ3v) is 6.02. The molecule has 0 spiro atoms. The van der Waals surface area contributed by atoms with Gasteiger partial charge in [-0.25, -0.2) is 0 Å². The minimum absolute atomic E-state index is 1.08. The van der Waals surface area contributed by atoms with Gasteiger partial charge in [0, 0.05) is 48.9 Å². The van der Waals surface area contributed by atoms with E-state index in [0.717, 1.165) is 10.6 Å². The Labute approximate surface area is 105 Å². The van der Waals surface area contributed by atoms with Crippen LogP contribution < -0.4 is 20.4 Å². The Kier molecular flexibility index (Phi) is 2.29. The van der Waals surface area contributed by atoms with E-state index in [0.29, 0.717) is 0 Å². The lowest BCUT2D eigenvalue weighted by Gasteiger charge is -2.18. The van der Waals surface area contributed by atoms with Crippen LogP contribution in [0.1, 0.15) is 0 Å². The SMILES string of the molecule is CN(C)c1sc2ccc3c(c2c1N(C)C)[PH]3=O. The lowest BCUT2D eigenvalue weighted by molar-refractivity contribution is 0.601. The topological polar surface area (TPSA) is 23.6 Å². The Bertz CT molecular complexity index is 645. The first-order valence-electron chi connectivity index (χ1n) is 5.51. The molecule has 0 amide bonds. The van der Waals surface area contributed by atoms with Crippen molar-refractivity contribution >= 4 is 50.5 Å². The zero-order valence-electron chi connectivity index (χ0n) is 10.4. The molecule has 1 atom stereocenters. The summed E-state index contributed by atoms with van der Waals surface area (Å²) < 4.78 is 13.1. The summed E-state index contributed by atoms with van der Waals surface area (Å²) in [5, 5.41) is 4.64. The largest absolute Gasteiger partial charge is 0.375 e. The molecule has 0 N–H and O–H groups in total. The van der Waals surface area contributed by atoms with E-state index in [1.54, 1.807) is 11.3 Å². The summed E-state index contributed by atoms with van der Waals surface area (Å²) >= 11 is 1.77. The quantitative estimate of drug-likeness (QED) is 0.661. The van der Waals surface area contributed by atoms with Gasteiger partial charge in [0.25, 0.3) is 0 Å². The van der Waals surface area contributed by atoms with Crippen molar-refractivity contribution in [1.29, 1.82) is 0 Å². The zero-order chi connectivity index (χ0) is 12.3. The fourth-order valence-corrected chi connectivity index (χ4v) is 5.00. The highest BCUT2D eigenvalue weighted by atomic mass is 32.1.